The lowest BCUT2D eigenvalue weighted by Gasteiger charge is -2.21. The predicted molar refractivity (Wildman–Crippen MR) is 127 cm³/mol. The standard InChI is InChI=1S/C27H33N3O/c1-2-13-30(18-19-8-9-19)14-12-21-17-28-26-11-10-22(15-24(21)26)29-27(31)25-16-23(25)20-6-4-3-5-7-20/h3-7,10-11,15,17,19,23,25,28H,2,8-9,12-14,16,18H2,1H3,(H,29,31)/t23-,25-/m0/s1. The van der Waals surface area contributed by atoms with Crippen LogP contribution in [-0.4, -0.2) is 35.4 Å². The van der Waals surface area contributed by atoms with E-state index in [1.165, 1.54) is 48.9 Å². The van der Waals surface area contributed by atoms with Gasteiger partial charge in [0.2, 0.25) is 5.91 Å². The molecule has 1 amide bonds. The summed E-state index contributed by atoms with van der Waals surface area (Å²) in [6.45, 7) is 5.81. The number of carbonyl (C=O) groups excluding carboxylic acids is 1. The van der Waals surface area contributed by atoms with Crippen molar-refractivity contribution in [2.75, 3.05) is 25.0 Å². The second-order valence-corrected chi connectivity index (χ2v) is 9.42. The lowest BCUT2D eigenvalue weighted by molar-refractivity contribution is -0.117. The lowest BCUT2D eigenvalue weighted by Crippen LogP contribution is -2.29. The fraction of sp³-hybridized carbons (Fsp3) is 0.444. The molecule has 0 unspecified atom stereocenters. The molecule has 2 aliphatic carbocycles. The van der Waals surface area contributed by atoms with E-state index in [-0.39, 0.29) is 11.8 Å². The number of aromatic nitrogens is 1. The number of rotatable bonds is 10. The molecule has 0 saturated heterocycles. The van der Waals surface area contributed by atoms with Gasteiger partial charge in [-0.2, -0.15) is 0 Å². The number of hydrogen-bond acceptors (Lipinski definition) is 2. The molecule has 0 spiro atoms. The molecule has 4 heteroatoms. The van der Waals surface area contributed by atoms with Crippen LogP contribution in [0.1, 0.15) is 49.7 Å². The lowest BCUT2D eigenvalue weighted by atomic mass is 10.1. The Morgan fingerprint density at radius 3 is 2.74 bits per heavy atom. The van der Waals surface area contributed by atoms with Gasteiger partial charge in [0.05, 0.1) is 0 Å². The summed E-state index contributed by atoms with van der Waals surface area (Å²) in [5.74, 6) is 1.53. The first kappa shape index (κ1) is 20.3. The molecule has 1 heterocycles. The van der Waals surface area contributed by atoms with E-state index in [4.69, 9.17) is 0 Å². The van der Waals surface area contributed by atoms with E-state index < -0.39 is 0 Å². The van der Waals surface area contributed by atoms with Crippen LogP contribution in [0.3, 0.4) is 0 Å². The van der Waals surface area contributed by atoms with Gasteiger partial charge in [0, 0.05) is 41.8 Å². The van der Waals surface area contributed by atoms with Crippen molar-refractivity contribution in [2.45, 2.75) is 44.9 Å². The molecule has 2 saturated carbocycles. The number of nitrogens with zero attached hydrogens (tertiary/aromatic N) is 1. The van der Waals surface area contributed by atoms with E-state index in [0.29, 0.717) is 5.92 Å². The van der Waals surface area contributed by atoms with Crippen LogP contribution in [0.4, 0.5) is 5.69 Å². The zero-order valence-corrected chi connectivity index (χ0v) is 18.4. The molecule has 2 aliphatic rings. The Morgan fingerprint density at radius 1 is 1.13 bits per heavy atom. The summed E-state index contributed by atoms with van der Waals surface area (Å²) in [4.78, 5) is 18.8. The fourth-order valence-corrected chi connectivity index (χ4v) is 4.81. The molecule has 3 aromatic rings. The van der Waals surface area contributed by atoms with Crippen LogP contribution in [0.15, 0.2) is 54.7 Å². The third kappa shape index (κ3) is 4.85. The number of anilines is 1. The van der Waals surface area contributed by atoms with Gasteiger partial charge >= 0.3 is 0 Å². The zero-order valence-electron chi connectivity index (χ0n) is 18.4. The molecule has 2 fully saturated rings. The minimum absolute atomic E-state index is 0.0915. The van der Waals surface area contributed by atoms with Crippen LogP contribution in [0.2, 0.25) is 0 Å². The summed E-state index contributed by atoms with van der Waals surface area (Å²) < 4.78 is 0. The predicted octanol–water partition coefficient (Wildman–Crippen LogP) is 5.57. The van der Waals surface area contributed by atoms with E-state index in [1.54, 1.807) is 0 Å². The van der Waals surface area contributed by atoms with E-state index in [0.717, 1.165) is 36.5 Å². The first-order chi connectivity index (χ1) is 15.2. The summed E-state index contributed by atoms with van der Waals surface area (Å²) in [7, 11) is 0. The molecule has 0 radical (unpaired) electrons. The molecule has 162 valence electrons. The molecule has 0 bridgehead atoms. The Bertz CT molecular complexity index is 1040. The first-order valence-electron chi connectivity index (χ1n) is 11.9. The Hall–Kier alpha value is -2.59. The average molecular weight is 416 g/mol. The molecule has 0 aliphatic heterocycles. The van der Waals surface area contributed by atoms with Crippen LogP contribution in [0, 0.1) is 11.8 Å². The smallest absolute Gasteiger partial charge is 0.228 e. The number of fused-ring (bicyclic) bond motifs is 1. The van der Waals surface area contributed by atoms with Crippen molar-refractivity contribution in [3.63, 3.8) is 0 Å². The minimum Gasteiger partial charge on any atom is -0.361 e. The van der Waals surface area contributed by atoms with E-state index >= 15 is 0 Å². The SMILES string of the molecule is CCCN(CCc1c[nH]c2ccc(NC(=O)[C@H]3C[C@H]3c3ccccc3)cc12)CC1CC1. The minimum atomic E-state index is 0.0915. The van der Waals surface area contributed by atoms with Crippen LogP contribution in [0.25, 0.3) is 10.9 Å². The molecule has 2 aromatic carbocycles. The van der Waals surface area contributed by atoms with Gasteiger partial charge in [0.15, 0.2) is 0 Å². The third-order valence-corrected chi connectivity index (χ3v) is 6.84. The van der Waals surface area contributed by atoms with Gasteiger partial charge < -0.3 is 15.2 Å². The number of carbonyl (C=O) groups is 1. The van der Waals surface area contributed by atoms with E-state index in [9.17, 15) is 4.79 Å². The van der Waals surface area contributed by atoms with Crippen molar-refractivity contribution in [1.82, 2.24) is 9.88 Å². The van der Waals surface area contributed by atoms with Crippen LogP contribution in [-0.2, 0) is 11.2 Å². The summed E-state index contributed by atoms with van der Waals surface area (Å²) in [6.07, 6.45) is 8.15. The van der Waals surface area contributed by atoms with Gasteiger partial charge in [-0.15, -0.1) is 0 Å². The van der Waals surface area contributed by atoms with Crippen molar-refractivity contribution >= 4 is 22.5 Å². The molecule has 1 aromatic heterocycles. The molecular formula is C27H33N3O. The number of nitrogens with one attached hydrogen (secondary N) is 2. The normalized spacial score (nSPS) is 20.3. The molecule has 2 N–H and O–H groups in total. The van der Waals surface area contributed by atoms with Crippen molar-refractivity contribution < 1.29 is 4.79 Å². The second kappa shape index (κ2) is 8.88. The summed E-state index contributed by atoms with van der Waals surface area (Å²) in [6, 6.07) is 16.6. The largest absolute Gasteiger partial charge is 0.361 e. The van der Waals surface area contributed by atoms with E-state index in [1.807, 2.05) is 12.1 Å². The topological polar surface area (TPSA) is 48.1 Å². The maximum absolute atomic E-state index is 12.8. The molecular weight excluding hydrogens is 382 g/mol. The monoisotopic (exact) mass is 415 g/mol. The molecule has 4 nitrogen and oxygen atoms in total. The maximum Gasteiger partial charge on any atom is 0.228 e. The number of amides is 1. The third-order valence-electron chi connectivity index (χ3n) is 6.84. The van der Waals surface area contributed by atoms with Crippen molar-refractivity contribution in [3.05, 3.63) is 65.9 Å². The average Bonchev–Trinajstić information content (AvgIpc) is 3.71. The van der Waals surface area contributed by atoms with E-state index in [2.05, 4.69) is 64.7 Å². The van der Waals surface area contributed by atoms with Crippen LogP contribution < -0.4 is 5.32 Å². The highest BCUT2D eigenvalue weighted by Gasteiger charge is 2.43. The highest BCUT2D eigenvalue weighted by molar-refractivity contribution is 5.97. The number of hydrogen-bond donors (Lipinski definition) is 2. The van der Waals surface area contributed by atoms with Gasteiger partial charge in [-0.1, -0.05) is 37.3 Å². The highest BCUT2D eigenvalue weighted by atomic mass is 16.2. The highest BCUT2D eigenvalue weighted by Crippen LogP contribution is 2.47. The molecule has 5 rings (SSSR count). The quantitative estimate of drug-likeness (QED) is 0.454. The van der Waals surface area contributed by atoms with Gasteiger partial charge in [-0.25, -0.2) is 0 Å². The zero-order chi connectivity index (χ0) is 21.2. The maximum atomic E-state index is 12.8. The molecule has 2 atom stereocenters. The van der Waals surface area contributed by atoms with Crippen LogP contribution >= 0.6 is 0 Å². The summed E-state index contributed by atoms with van der Waals surface area (Å²) >= 11 is 0. The second-order valence-electron chi connectivity index (χ2n) is 9.42. The number of aromatic amines is 1. The van der Waals surface area contributed by atoms with Crippen molar-refractivity contribution in [2.24, 2.45) is 11.8 Å². The Kier molecular flexibility index (Phi) is 5.82. The Labute approximate surface area is 185 Å². The first-order valence-corrected chi connectivity index (χ1v) is 11.9. The number of benzene rings is 2. The molecule has 31 heavy (non-hydrogen) atoms. The van der Waals surface area contributed by atoms with Gasteiger partial charge in [0.25, 0.3) is 0 Å². The van der Waals surface area contributed by atoms with Gasteiger partial charge in [0.1, 0.15) is 0 Å². The fourth-order valence-electron chi connectivity index (χ4n) is 4.81. The van der Waals surface area contributed by atoms with Crippen LogP contribution in [0.5, 0.6) is 0 Å². The van der Waals surface area contributed by atoms with Gasteiger partial charge in [-0.05, 0) is 79.8 Å². The summed E-state index contributed by atoms with van der Waals surface area (Å²) in [5, 5.41) is 4.40. The Morgan fingerprint density at radius 2 is 1.97 bits per heavy atom. The number of H-pyrrole nitrogens is 1. The van der Waals surface area contributed by atoms with Crippen molar-refractivity contribution in [1.29, 1.82) is 0 Å². The Balaban J connectivity index is 1.23. The summed E-state index contributed by atoms with van der Waals surface area (Å²) in [5.41, 5.74) is 4.66. The van der Waals surface area contributed by atoms with Gasteiger partial charge in [-0.3, -0.25) is 4.79 Å². The van der Waals surface area contributed by atoms with Crippen molar-refractivity contribution in [3.8, 4) is 0 Å².